The Kier molecular flexibility index (Phi) is 15.0. The summed E-state index contributed by atoms with van der Waals surface area (Å²) in [5.41, 5.74) is 5.46. The van der Waals surface area contributed by atoms with E-state index in [2.05, 4.69) is 41.4 Å². The number of fused-ring (bicyclic) bond motifs is 4. The summed E-state index contributed by atoms with van der Waals surface area (Å²) in [6, 6.07) is 19.3. The van der Waals surface area contributed by atoms with Crippen LogP contribution in [0, 0.1) is 19.7 Å². The van der Waals surface area contributed by atoms with Crippen molar-refractivity contribution in [3.05, 3.63) is 199 Å². The van der Waals surface area contributed by atoms with Crippen LogP contribution in [0.2, 0.25) is 0 Å². The summed E-state index contributed by atoms with van der Waals surface area (Å²) in [5, 5.41) is 19.3. The standard InChI is InChI=1S/C28H23F4N5O3.C28H24F3N5O3/c1-14-17(15(2)38)4-5-19-18(14)6-8-22(19)36-27(40)24-12-23(35-25-9-10-34-37(24)25)26(39)33-13-16-3-7-21(29)20(11-16)28(30,31)32;1-15-19(16(2)37)6-7-21-20(15)8-9-22(21)35-27(39)24-13-23(34-25-10-11-33-36(24)25)26(38)32-14-17-4-3-5-18(12-17)28(29,30)31/h3-5,7,9-12,22H,6,8,13H2,1-2H3,(H,33,39)(H,36,40);3-7,10-13,22H,8-9,14H2,1-2H3,(H,32,38)(H,35,39)/t2*22-/m00/s1. The van der Waals surface area contributed by atoms with E-state index in [0.717, 1.165) is 51.6 Å². The number of ketones is 2. The van der Waals surface area contributed by atoms with Gasteiger partial charge < -0.3 is 21.3 Å². The molecule has 0 fully saturated rings. The minimum Gasteiger partial charge on any atom is -0.347 e. The number of nitrogens with zero attached hydrogens (tertiary/aromatic N) is 6. The van der Waals surface area contributed by atoms with Crippen molar-refractivity contribution >= 4 is 46.5 Å². The molecule has 10 rings (SSSR count). The molecule has 0 saturated heterocycles. The van der Waals surface area contributed by atoms with Crippen LogP contribution >= 0.6 is 0 Å². The number of nitrogens with one attached hydrogen (secondary N) is 4. The Morgan fingerprint density at radius 3 is 1.48 bits per heavy atom. The number of alkyl halides is 6. The Balaban J connectivity index is 0.000000192. The average Bonchev–Trinajstić information content (AvgIpc) is 4.40. The Hall–Kier alpha value is -9.15. The molecule has 8 aromatic rings. The lowest BCUT2D eigenvalue weighted by Crippen LogP contribution is -2.30. The number of hydrogen-bond donors (Lipinski definition) is 4. The zero-order chi connectivity index (χ0) is 56.7. The van der Waals surface area contributed by atoms with Gasteiger partial charge in [-0.3, -0.25) is 28.8 Å². The first kappa shape index (κ1) is 54.6. The average molecular weight is 1090 g/mol. The molecule has 0 aliphatic heterocycles. The first-order valence-electron chi connectivity index (χ1n) is 24.6. The van der Waals surface area contributed by atoms with Crippen molar-refractivity contribution in [3.8, 4) is 0 Å². The zero-order valence-corrected chi connectivity index (χ0v) is 42.5. The molecule has 0 saturated carbocycles. The van der Waals surface area contributed by atoms with E-state index >= 15 is 0 Å². The summed E-state index contributed by atoms with van der Waals surface area (Å²) in [7, 11) is 0. The predicted octanol–water partition coefficient (Wildman–Crippen LogP) is 9.35. The van der Waals surface area contributed by atoms with Crippen molar-refractivity contribution in [1.29, 1.82) is 0 Å². The number of carbonyl (C=O) groups is 6. The fourth-order valence-electron chi connectivity index (χ4n) is 9.97. The summed E-state index contributed by atoms with van der Waals surface area (Å²) < 4.78 is 94.3. The van der Waals surface area contributed by atoms with Gasteiger partial charge in [0.25, 0.3) is 23.6 Å². The van der Waals surface area contributed by atoms with Gasteiger partial charge in [0.2, 0.25) is 0 Å². The highest BCUT2D eigenvalue weighted by Gasteiger charge is 2.35. The summed E-state index contributed by atoms with van der Waals surface area (Å²) in [5.74, 6) is -3.83. The molecule has 4 aromatic heterocycles. The van der Waals surface area contributed by atoms with E-state index in [1.807, 2.05) is 26.0 Å². The molecule has 2 atom stereocenters. The molecule has 0 spiro atoms. The number of aromatic nitrogens is 6. The van der Waals surface area contributed by atoms with Gasteiger partial charge in [0.1, 0.15) is 28.6 Å². The first-order chi connectivity index (χ1) is 37.5. The van der Waals surface area contributed by atoms with Crippen molar-refractivity contribution in [3.63, 3.8) is 0 Å². The molecule has 16 nitrogen and oxygen atoms in total. The molecule has 4 N–H and O–H groups in total. The molecule has 2 aliphatic rings. The summed E-state index contributed by atoms with van der Waals surface area (Å²) in [6.07, 6.45) is -3.84. The molecule has 0 unspecified atom stereocenters. The Labute approximate surface area is 444 Å². The smallest absolute Gasteiger partial charge is 0.347 e. The molecule has 0 radical (unpaired) electrons. The lowest BCUT2D eigenvalue weighted by Gasteiger charge is -2.16. The third-order valence-corrected chi connectivity index (χ3v) is 13.9. The number of carbonyl (C=O) groups excluding carboxylic acids is 6. The Bertz CT molecular complexity index is 3790. The van der Waals surface area contributed by atoms with Crippen LogP contribution < -0.4 is 21.3 Å². The topological polar surface area (TPSA) is 211 Å². The van der Waals surface area contributed by atoms with Gasteiger partial charge in [0.15, 0.2) is 22.9 Å². The zero-order valence-electron chi connectivity index (χ0n) is 42.5. The number of hydrogen-bond acceptors (Lipinski definition) is 10. The van der Waals surface area contributed by atoms with Gasteiger partial charge >= 0.3 is 12.4 Å². The largest absolute Gasteiger partial charge is 0.419 e. The summed E-state index contributed by atoms with van der Waals surface area (Å²) >= 11 is 0. The van der Waals surface area contributed by atoms with Gasteiger partial charge in [-0.1, -0.05) is 42.5 Å². The molecule has 23 heteroatoms. The third-order valence-electron chi connectivity index (χ3n) is 13.9. The summed E-state index contributed by atoms with van der Waals surface area (Å²) in [4.78, 5) is 84.8. The molecule has 2 aliphatic carbocycles. The second-order valence-corrected chi connectivity index (χ2v) is 19.0. The number of halogens is 7. The second-order valence-electron chi connectivity index (χ2n) is 19.0. The minimum atomic E-state index is -4.88. The van der Waals surface area contributed by atoms with Crippen LogP contribution in [-0.4, -0.2) is 64.4 Å². The minimum absolute atomic E-state index is 0.0143. The lowest BCUT2D eigenvalue weighted by atomic mass is 9.96. The predicted molar refractivity (Wildman–Crippen MR) is 271 cm³/mol. The Morgan fingerprint density at radius 2 is 1.04 bits per heavy atom. The van der Waals surface area contributed by atoms with Gasteiger partial charge in [-0.25, -0.2) is 23.4 Å². The number of Topliss-reactive ketones (excluding diaryl/α,β-unsaturated/α-hetero) is 2. The number of rotatable bonds is 12. The highest BCUT2D eigenvalue weighted by Crippen LogP contribution is 2.37. The maximum Gasteiger partial charge on any atom is 0.419 e. The van der Waals surface area contributed by atoms with E-state index in [4.69, 9.17) is 0 Å². The molecule has 406 valence electrons. The molecule has 4 heterocycles. The maximum atomic E-state index is 13.6. The van der Waals surface area contributed by atoms with Gasteiger partial charge in [0, 0.05) is 48.5 Å². The van der Waals surface area contributed by atoms with E-state index in [9.17, 15) is 59.5 Å². The normalized spacial score (nSPS) is 14.7. The van der Waals surface area contributed by atoms with Gasteiger partial charge in [0.05, 0.1) is 35.6 Å². The SMILES string of the molecule is CC(=O)c1ccc2c(c1C)CC[C@@H]2NC(=O)c1cc(C(=O)NCc2ccc(F)c(C(F)(F)F)c2)nc2ccnn12.CC(=O)c1ccc2c(c1C)CC[C@@H]2NC(=O)c1cc(C(=O)NCc2cccc(C(F)(F)F)c2)nc2ccnn12. The maximum absolute atomic E-state index is 13.6. The summed E-state index contributed by atoms with van der Waals surface area (Å²) in [6.45, 7) is 6.34. The highest BCUT2D eigenvalue weighted by molar-refractivity contribution is 6.00. The lowest BCUT2D eigenvalue weighted by molar-refractivity contribution is -0.140. The van der Waals surface area contributed by atoms with Crippen molar-refractivity contribution in [2.24, 2.45) is 0 Å². The third kappa shape index (κ3) is 11.5. The van der Waals surface area contributed by atoms with E-state index in [1.165, 1.54) is 71.7 Å². The molecule has 0 bridgehead atoms. The van der Waals surface area contributed by atoms with E-state index in [0.29, 0.717) is 48.9 Å². The van der Waals surface area contributed by atoms with E-state index in [1.54, 1.807) is 12.1 Å². The molecule has 4 amide bonds. The second kappa shape index (κ2) is 21.7. The van der Waals surface area contributed by atoms with Gasteiger partial charge in [-0.2, -0.15) is 36.5 Å². The van der Waals surface area contributed by atoms with Crippen LogP contribution in [-0.2, 0) is 38.3 Å². The van der Waals surface area contributed by atoms with Gasteiger partial charge in [-0.15, -0.1) is 0 Å². The van der Waals surface area contributed by atoms with Crippen molar-refractivity contribution in [2.75, 3.05) is 0 Å². The van der Waals surface area contributed by atoms with Gasteiger partial charge in [-0.05, 0) is 122 Å². The highest BCUT2D eigenvalue weighted by atomic mass is 19.4. The van der Waals surface area contributed by atoms with E-state index < -0.39 is 52.9 Å². The van der Waals surface area contributed by atoms with Crippen LogP contribution in [0.15, 0.2) is 103 Å². The quantitative estimate of drug-likeness (QED) is 0.0673. The molecular weight excluding hydrogens is 1040 g/mol. The van der Waals surface area contributed by atoms with Crippen molar-refractivity contribution in [1.82, 2.24) is 50.5 Å². The number of amides is 4. The van der Waals surface area contributed by atoms with Crippen LogP contribution in [0.3, 0.4) is 0 Å². The first-order valence-corrected chi connectivity index (χ1v) is 24.6. The fraction of sp³-hybridized carbons (Fsp3) is 0.250. The molecule has 4 aromatic carbocycles. The van der Waals surface area contributed by atoms with Crippen LogP contribution in [0.4, 0.5) is 30.7 Å². The molecular formula is C56H47F7N10O6. The van der Waals surface area contributed by atoms with Crippen LogP contribution in [0.25, 0.3) is 11.3 Å². The van der Waals surface area contributed by atoms with Crippen molar-refractivity contribution in [2.45, 2.75) is 90.9 Å². The monoisotopic (exact) mass is 1090 g/mol. The fourth-order valence-corrected chi connectivity index (χ4v) is 9.97. The number of benzene rings is 4. The van der Waals surface area contributed by atoms with Crippen LogP contribution in [0.5, 0.6) is 0 Å². The van der Waals surface area contributed by atoms with E-state index in [-0.39, 0.29) is 81.9 Å². The van der Waals surface area contributed by atoms with Crippen molar-refractivity contribution < 1.29 is 59.5 Å². The van der Waals surface area contributed by atoms with Crippen LogP contribution in [0.1, 0.15) is 157 Å². The Morgan fingerprint density at radius 1 is 0.570 bits per heavy atom. The molecule has 79 heavy (non-hydrogen) atoms.